The van der Waals surface area contributed by atoms with Gasteiger partial charge in [-0.2, -0.15) is 0 Å². The van der Waals surface area contributed by atoms with E-state index in [2.05, 4.69) is 5.32 Å². The van der Waals surface area contributed by atoms with Gasteiger partial charge in [-0.3, -0.25) is 14.9 Å². The van der Waals surface area contributed by atoms with Gasteiger partial charge in [0.05, 0.1) is 13.2 Å². The van der Waals surface area contributed by atoms with Crippen LogP contribution in [0.3, 0.4) is 0 Å². The van der Waals surface area contributed by atoms with Gasteiger partial charge < -0.3 is 9.64 Å². The van der Waals surface area contributed by atoms with Gasteiger partial charge >= 0.3 is 5.97 Å². The molecule has 5 heteroatoms. The van der Waals surface area contributed by atoms with E-state index >= 15 is 0 Å². The summed E-state index contributed by atoms with van der Waals surface area (Å²) in [5.74, 6) is -0.142. The number of esters is 1. The van der Waals surface area contributed by atoms with Crippen molar-refractivity contribution in [2.24, 2.45) is 0 Å². The van der Waals surface area contributed by atoms with Crippen molar-refractivity contribution in [3.05, 3.63) is 0 Å². The Bertz CT molecular complexity index is 261. The Kier molecular flexibility index (Phi) is 3.20. The van der Waals surface area contributed by atoms with Crippen LogP contribution < -0.4 is 5.32 Å². The highest BCUT2D eigenvalue weighted by Gasteiger charge is 2.27. The number of carbonyl (C=O) groups excluding carboxylic acids is 2. The van der Waals surface area contributed by atoms with E-state index in [4.69, 9.17) is 4.74 Å². The highest BCUT2D eigenvalue weighted by molar-refractivity contribution is 5.81. The van der Waals surface area contributed by atoms with E-state index in [1.165, 1.54) is 0 Å². The molecule has 2 aliphatic rings. The summed E-state index contributed by atoms with van der Waals surface area (Å²) in [7, 11) is 0. The van der Waals surface area contributed by atoms with Gasteiger partial charge in [-0.15, -0.1) is 0 Å². The lowest BCUT2D eigenvalue weighted by atomic mass is 10.2. The van der Waals surface area contributed by atoms with Crippen LogP contribution in [0.2, 0.25) is 0 Å². The predicted octanol–water partition coefficient (Wildman–Crippen LogP) is -0.486. The number of amides is 1. The third kappa shape index (κ3) is 2.47. The van der Waals surface area contributed by atoms with Gasteiger partial charge in [0.15, 0.2) is 0 Å². The van der Waals surface area contributed by atoms with Gasteiger partial charge in [-0.1, -0.05) is 0 Å². The Balaban J connectivity index is 1.72. The third-order valence-corrected chi connectivity index (χ3v) is 2.89. The molecular weight excluding hydrogens is 196 g/mol. The molecular formula is C10H16N2O3. The van der Waals surface area contributed by atoms with Crippen molar-refractivity contribution in [2.75, 3.05) is 26.2 Å². The van der Waals surface area contributed by atoms with Crippen LogP contribution in [0, 0.1) is 0 Å². The molecule has 0 aliphatic carbocycles. The van der Waals surface area contributed by atoms with Crippen LogP contribution in [0.1, 0.15) is 19.3 Å². The second-order valence-corrected chi connectivity index (χ2v) is 3.98. The van der Waals surface area contributed by atoms with E-state index in [0.29, 0.717) is 13.0 Å². The monoisotopic (exact) mass is 212 g/mol. The predicted molar refractivity (Wildman–Crippen MR) is 53.2 cm³/mol. The zero-order valence-corrected chi connectivity index (χ0v) is 8.70. The van der Waals surface area contributed by atoms with Crippen LogP contribution in [0.15, 0.2) is 0 Å². The molecule has 84 valence electrons. The van der Waals surface area contributed by atoms with Crippen LogP contribution in [0.25, 0.3) is 0 Å². The highest BCUT2D eigenvalue weighted by Crippen LogP contribution is 2.08. The second-order valence-electron chi connectivity index (χ2n) is 3.98. The first kappa shape index (κ1) is 10.4. The van der Waals surface area contributed by atoms with Gasteiger partial charge in [0.1, 0.15) is 6.04 Å². The van der Waals surface area contributed by atoms with Crippen molar-refractivity contribution in [2.45, 2.75) is 25.3 Å². The van der Waals surface area contributed by atoms with Crippen molar-refractivity contribution >= 4 is 11.9 Å². The zero-order chi connectivity index (χ0) is 10.7. The van der Waals surface area contributed by atoms with Gasteiger partial charge in [0.25, 0.3) is 0 Å². The van der Waals surface area contributed by atoms with Crippen LogP contribution in [-0.2, 0) is 14.3 Å². The summed E-state index contributed by atoms with van der Waals surface area (Å²) in [5.41, 5.74) is 0. The summed E-state index contributed by atoms with van der Waals surface area (Å²) in [6.07, 6.45) is 2.86. The first-order valence-electron chi connectivity index (χ1n) is 5.45. The first-order chi connectivity index (χ1) is 7.27. The fraction of sp³-hybridized carbons (Fsp3) is 0.800. The Morgan fingerprint density at radius 3 is 2.80 bits per heavy atom. The van der Waals surface area contributed by atoms with Crippen LogP contribution >= 0.6 is 0 Å². The molecule has 0 aromatic carbocycles. The van der Waals surface area contributed by atoms with E-state index in [-0.39, 0.29) is 24.5 Å². The maximum absolute atomic E-state index is 11.6. The maximum Gasteiger partial charge on any atom is 0.323 e. The van der Waals surface area contributed by atoms with E-state index in [9.17, 15) is 9.59 Å². The lowest BCUT2D eigenvalue weighted by molar-refractivity contribution is -0.139. The molecule has 0 radical (unpaired) electrons. The molecule has 15 heavy (non-hydrogen) atoms. The van der Waals surface area contributed by atoms with Crippen molar-refractivity contribution in [1.29, 1.82) is 0 Å². The molecule has 0 bridgehead atoms. The number of ether oxygens (including phenoxy) is 1. The summed E-state index contributed by atoms with van der Waals surface area (Å²) in [6, 6.07) is -0.281. The van der Waals surface area contributed by atoms with Gasteiger partial charge in [-0.05, 0) is 12.8 Å². The minimum Gasteiger partial charge on any atom is -0.464 e. The molecule has 2 saturated heterocycles. The van der Waals surface area contributed by atoms with Gasteiger partial charge in [0.2, 0.25) is 5.91 Å². The molecule has 2 fully saturated rings. The summed E-state index contributed by atoms with van der Waals surface area (Å²) in [4.78, 5) is 24.6. The van der Waals surface area contributed by atoms with Crippen molar-refractivity contribution in [3.63, 3.8) is 0 Å². The molecule has 0 aromatic heterocycles. The number of hydrogen-bond acceptors (Lipinski definition) is 4. The number of cyclic esters (lactones) is 1. The molecule has 1 amide bonds. The highest BCUT2D eigenvalue weighted by atomic mass is 16.5. The Hall–Kier alpha value is -1.10. The van der Waals surface area contributed by atoms with Crippen LogP contribution in [0.4, 0.5) is 0 Å². The molecule has 2 heterocycles. The Morgan fingerprint density at radius 2 is 2.20 bits per heavy atom. The molecule has 0 spiro atoms. The second kappa shape index (κ2) is 4.61. The molecule has 2 aliphatic heterocycles. The Labute approximate surface area is 88.8 Å². The number of rotatable bonds is 3. The number of likely N-dealkylation sites (tertiary alicyclic amines) is 1. The lowest BCUT2D eigenvalue weighted by Crippen LogP contribution is -2.42. The summed E-state index contributed by atoms with van der Waals surface area (Å²) in [6.45, 7) is 2.43. The Morgan fingerprint density at radius 1 is 1.47 bits per heavy atom. The van der Waals surface area contributed by atoms with E-state index in [0.717, 1.165) is 25.9 Å². The summed E-state index contributed by atoms with van der Waals surface area (Å²) >= 11 is 0. The maximum atomic E-state index is 11.6. The lowest BCUT2D eigenvalue weighted by Gasteiger charge is -2.16. The van der Waals surface area contributed by atoms with Crippen molar-refractivity contribution in [3.8, 4) is 0 Å². The smallest absolute Gasteiger partial charge is 0.323 e. The molecule has 0 saturated carbocycles. The van der Waals surface area contributed by atoms with Crippen LogP contribution in [-0.4, -0.2) is 49.1 Å². The standard InChI is InChI=1S/C10H16N2O3/c13-9(12-4-1-2-5-12)7-11-8-3-6-15-10(8)14/h8,11H,1-7H2. The molecule has 0 aromatic rings. The summed E-state index contributed by atoms with van der Waals surface area (Å²) in [5, 5.41) is 2.94. The van der Waals surface area contributed by atoms with E-state index < -0.39 is 0 Å². The fourth-order valence-corrected chi connectivity index (χ4v) is 1.97. The SMILES string of the molecule is O=C1OCCC1NCC(=O)N1CCCC1. The largest absolute Gasteiger partial charge is 0.464 e. The molecule has 2 rings (SSSR count). The molecule has 5 nitrogen and oxygen atoms in total. The topological polar surface area (TPSA) is 58.6 Å². The van der Waals surface area contributed by atoms with Crippen molar-refractivity contribution < 1.29 is 14.3 Å². The first-order valence-corrected chi connectivity index (χ1v) is 5.45. The van der Waals surface area contributed by atoms with Gasteiger partial charge in [-0.25, -0.2) is 0 Å². The number of hydrogen-bond donors (Lipinski definition) is 1. The minimum absolute atomic E-state index is 0.0900. The minimum atomic E-state index is -0.281. The average molecular weight is 212 g/mol. The molecule has 1 unspecified atom stereocenters. The van der Waals surface area contributed by atoms with E-state index in [1.54, 1.807) is 0 Å². The average Bonchev–Trinajstić information content (AvgIpc) is 2.85. The third-order valence-electron chi connectivity index (χ3n) is 2.89. The number of nitrogens with one attached hydrogen (secondary N) is 1. The van der Waals surface area contributed by atoms with Crippen LogP contribution in [0.5, 0.6) is 0 Å². The molecule has 1 N–H and O–H groups in total. The fourth-order valence-electron chi connectivity index (χ4n) is 1.97. The number of nitrogens with zero attached hydrogens (tertiary/aromatic N) is 1. The summed E-state index contributed by atoms with van der Waals surface area (Å²) < 4.78 is 4.80. The van der Waals surface area contributed by atoms with Gasteiger partial charge in [0, 0.05) is 19.5 Å². The quantitative estimate of drug-likeness (QED) is 0.642. The van der Waals surface area contributed by atoms with Crippen molar-refractivity contribution in [1.82, 2.24) is 10.2 Å². The van der Waals surface area contributed by atoms with E-state index in [1.807, 2.05) is 4.90 Å². The molecule has 1 atom stereocenters. The zero-order valence-electron chi connectivity index (χ0n) is 8.70. The number of carbonyl (C=O) groups is 2. The normalized spacial score (nSPS) is 25.7.